The summed E-state index contributed by atoms with van der Waals surface area (Å²) in [5.74, 6) is -0.237. The van der Waals surface area contributed by atoms with Crippen LogP contribution in [-0.4, -0.2) is 23.5 Å². The molecule has 4 heteroatoms. The third-order valence-electron chi connectivity index (χ3n) is 3.32. The normalized spacial score (nSPS) is 27.3. The highest BCUT2D eigenvalue weighted by atomic mass is 16.4. The van der Waals surface area contributed by atoms with Gasteiger partial charge in [0, 0.05) is 13.5 Å². The Hall–Kier alpha value is -1.06. The van der Waals surface area contributed by atoms with E-state index in [9.17, 15) is 9.59 Å². The molecule has 0 aromatic rings. The van der Waals surface area contributed by atoms with Gasteiger partial charge in [-0.2, -0.15) is 0 Å². The summed E-state index contributed by atoms with van der Waals surface area (Å²) in [6.45, 7) is 3.97. The van der Waals surface area contributed by atoms with Crippen molar-refractivity contribution >= 4 is 11.9 Å². The van der Waals surface area contributed by atoms with E-state index >= 15 is 0 Å². The number of nitrogens with one attached hydrogen (secondary N) is 1. The molecular formula is C11H19NO3. The zero-order valence-electron chi connectivity index (χ0n) is 9.32. The van der Waals surface area contributed by atoms with Gasteiger partial charge in [-0.3, -0.25) is 9.59 Å². The summed E-state index contributed by atoms with van der Waals surface area (Å²) in [6.07, 6.45) is 2.92. The Balaban J connectivity index is 2.32. The van der Waals surface area contributed by atoms with E-state index in [1.54, 1.807) is 6.92 Å². The number of hydrogen-bond acceptors (Lipinski definition) is 2. The van der Waals surface area contributed by atoms with Crippen molar-refractivity contribution in [3.63, 3.8) is 0 Å². The van der Waals surface area contributed by atoms with Crippen molar-refractivity contribution in [2.75, 3.05) is 6.54 Å². The molecule has 0 aliphatic heterocycles. The first-order chi connectivity index (χ1) is 7.00. The summed E-state index contributed by atoms with van der Waals surface area (Å²) < 4.78 is 0. The van der Waals surface area contributed by atoms with E-state index in [0.717, 1.165) is 19.3 Å². The third kappa shape index (κ3) is 3.53. The summed E-state index contributed by atoms with van der Waals surface area (Å²) in [7, 11) is 0. The van der Waals surface area contributed by atoms with Gasteiger partial charge in [-0.05, 0) is 31.1 Å². The largest absolute Gasteiger partial charge is 0.481 e. The molecular weight excluding hydrogens is 194 g/mol. The summed E-state index contributed by atoms with van der Waals surface area (Å²) in [5.41, 5.74) is 0. The lowest BCUT2D eigenvalue weighted by Crippen LogP contribution is -2.26. The molecule has 0 aromatic heterocycles. The molecule has 0 bridgehead atoms. The fourth-order valence-corrected chi connectivity index (χ4v) is 2.24. The van der Waals surface area contributed by atoms with Gasteiger partial charge in [0.2, 0.25) is 5.91 Å². The average molecular weight is 213 g/mol. The molecule has 1 amide bonds. The third-order valence-corrected chi connectivity index (χ3v) is 3.32. The molecule has 4 nitrogen and oxygen atoms in total. The van der Waals surface area contributed by atoms with E-state index in [1.807, 2.05) is 0 Å². The Morgan fingerprint density at radius 2 is 2.13 bits per heavy atom. The van der Waals surface area contributed by atoms with Crippen LogP contribution in [0.15, 0.2) is 0 Å². The molecule has 2 N–H and O–H groups in total. The first-order valence-electron chi connectivity index (χ1n) is 5.48. The van der Waals surface area contributed by atoms with E-state index in [1.165, 1.54) is 6.92 Å². The minimum atomic E-state index is -0.708. The molecule has 1 aliphatic rings. The number of carbonyl (C=O) groups excluding carboxylic acids is 1. The smallest absolute Gasteiger partial charge is 0.306 e. The molecule has 0 spiro atoms. The standard InChI is InChI=1S/C11H19NO3/c1-7(11(14)15)10-4-3-9(5-10)6-12-8(2)13/h7,9-10H,3-6H2,1-2H3,(H,12,13)(H,14,15). The van der Waals surface area contributed by atoms with Crippen LogP contribution in [0.3, 0.4) is 0 Å². The highest BCUT2D eigenvalue weighted by Crippen LogP contribution is 2.35. The van der Waals surface area contributed by atoms with Gasteiger partial charge in [-0.15, -0.1) is 0 Å². The van der Waals surface area contributed by atoms with E-state index in [-0.39, 0.29) is 17.7 Å². The van der Waals surface area contributed by atoms with Crippen molar-refractivity contribution in [3.05, 3.63) is 0 Å². The van der Waals surface area contributed by atoms with Crippen LogP contribution in [0.25, 0.3) is 0 Å². The first kappa shape index (κ1) is 12.0. The second-order valence-corrected chi connectivity index (χ2v) is 4.50. The topological polar surface area (TPSA) is 66.4 Å². The maximum Gasteiger partial charge on any atom is 0.306 e. The Labute approximate surface area is 90.0 Å². The quantitative estimate of drug-likeness (QED) is 0.738. The summed E-state index contributed by atoms with van der Waals surface area (Å²) >= 11 is 0. The summed E-state index contributed by atoms with van der Waals surface area (Å²) in [6, 6.07) is 0. The molecule has 3 atom stereocenters. The van der Waals surface area contributed by atoms with Gasteiger partial charge >= 0.3 is 5.97 Å². The van der Waals surface area contributed by atoms with Crippen LogP contribution in [-0.2, 0) is 9.59 Å². The minimum Gasteiger partial charge on any atom is -0.481 e. The van der Waals surface area contributed by atoms with Crippen LogP contribution in [0.2, 0.25) is 0 Å². The van der Waals surface area contributed by atoms with E-state index < -0.39 is 5.97 Å². The lowest BCUT2D eigenvalue weighted by Gasteiger charge is -2.15. The Kier molecular flexibility index (Phi) is 4.12. The van der Waals surface area contributed by atoms with Gasteiger partial charge in [0.05, 0.1) is 5.92 Å². The van der Waals surface area contributed by atoms with Crippen LogP contribution in [0.5, 0.6) is 0 Å². The predicted octanol–water partition coefficient (Wildman–Crippen LogP) is 1.26. The van der Waals surface area contributed by atoms with Crippen molar-refractivity contribution in [3.8, 4) is 0 Å². The van der Waals surface area contributed by atoms with Crippen molar-refractivity contribution in [1.29, 1.82) is 0 Å². The Morgan fingerprint density at radius 3 is 2.67 bits per heavy atom. The van der Waals surface area contributed by atoms with Gasteiger partial charge in [-0.1, -0.05) is 6.92 Å². The van der Waals surface area contributed by atoms with Gasteiger partial charge in [0.25, 0.3) is 0 Å². The second kappa shape index (κ2) is 5.14. The summed E-state index contributed by atoms with van der Waals surface area (Å²) in [4.78, 5) is 21.5. The zero-order valence-corrected chi connectivity index (χ0v) is 9.32. The van der Waals surface area contributed by atoms with Crippen molar-refractivity contribution in [1.82, 2.24) is 5.32 Å². The van der Waals surface area contributed by atoms with Gasteiger partial charge in [0.1, 0.15) is 0 Å². The van der Waals surface area contributed by atoms with Crippen LogP contribution in [0, 0.1) is 17.8 Å². The van der Waals surface area contributed by atoms with Gasteiger partial charge < -0.3 is 10.4 Å². The molecule has 86 valence electrons. The molecule has 15 heavy (non-hydrogen) atoms. The number of carboxylic acids is 1. The number of hydrogen-bond donors (Lipinski definition) is 2. The zero-order chi connectivity index (χ0) is 11.4. The van der Waals surface area contributed by atoms with Gasteiger partial charge in [0.15, 0.2) is 0 Å². The molecule has 1 rings (SSSR count). The van der Waals surface area contributed by atoms with Crippen LogP contribution < -0.4 is 5.32 Å². The lowest BCUT2D eigenvalue weighted by molar-refractivity contribution is -0.142. The molecule has 1 aliphatic carbocycles. The fourth-order valence-electron chi connectivity index (χ4n) is 2.24. The average Bonchev–Trinajstić information content (AvgIpc) is 2.61. The molecule has 0 radical (unpaired) electrons. The highest BCUT2D eigenvalue weighted by Gasteiger charge is 2.31. The Bertz CT molecular complexity index is 252. The lowest BCUT2D eigenvalue weighted by atomic mass is 9.92. The van der Waals surface area contributed by atoms with Crippen LogP contribution in [0.4, 0.5) is 0 Å². The van der Waals surface area contributed by atoms with Crippen molar-refractivity contribution < 1.29 is 14.7 Å². The van der Waals surface area contributed by atoms with E-state index in [2.05, 4.69) is 5.32 Å². The SMILES string of the molecule is CC(=O)NCC1CCC(C(C)C(=O)O)C1. The van der Waals surface area contributed by atoms with Crippen molar-refractivity contribution in [2.24, 2.45) is 17.8 Å². The number of aliphatic carboxylic acids is 1. The molecule has 3 unspecified atom stereocenters. The first-order valence-corrected chi connectivity index (χ1v) is 5.48. The molecule has 1 fully saturated rings. The van der Waals surface area contributed by atoms with Crippen LogP contribution >= 0.6 is 0 Å². The highest BCUT2D eigenvalue weighted by molar-refractivity contribution is 5.72. The predicted molar refractivity (Wildman–Crippen MR) is 56.3 cm³/mol. The summed E-state index contributed by atoms with van der Waals surface area (Å²) in [5, 5.41) is 11.7. The maximum absolute atomic E-state index is 10.8. The number of carbonyl (C=O) groups is 2. The number of amides is 1. The number of carboxylic acid groups (broad SMARTS) is 1. The molecule has 1 saturated carbocycles. The van der Waals surface area contributed by atoms with Crippen molar-refractivity contribution in [2.45, 2.75) is 33.1 Å². The minimum absolute atomic E-state index is 0.00951. The fraction of sp³-hybridized carbons (Fsp3) is 0.818. The monoisotopic (exact) mass is 213 g/mol. The molecule has 0 heterocycles. The van der Waals surface area contributed by atoms with E-state index in [0.29, 0.717) is 12.5 Å². The van der Waals surface area contributed by atoms with E-state index in [4.69, 9.17) is 5.11 Å². The molecule has 0 saturated heterocycles. The number of rotatable bonds is 4. The molecule has 0 aromatic carbocycles. The Morgan fingerprint density at radius 1 is 1.47 bits per heavy atom. The van der Waals surface area contributed by atoms with Gasteiger partial charge in [-0.25, -0.2) is 0 Å². The second-order valence-electron chi connectivity index (χ2n) is 4.50. The van der Waals surface area contributed by atoms with Crippen LogP contribution in [0.1, 0.15) is 33.1 Å². The maximum atomic E-state index is 10.8.